The molecule has 0 aliphatic carbocycles. The summed E-state index contributed by atoms with van der Waals surface area (Å²) < 4.78 is 29.5. The van der Waals surface area contributed by atoms with Gasteiger partial charge in [0.05, 0.1) is 0 Å². The van der Waals surface area contributed by atoms with Crippen molar-refractivity contribution in [3.05, 3.63) is 0 Å². The van der Waals surface area contributed by atoms with Crippen molar-refractivity contribution in [1.29, 1.82) is 0 Å². The average molecular weight is 301 g/mol. The molecular formula is C14H23NO6. The van der Waals surface area contributed by atoms with E-state index in [1.54, 1.807) is 0 Å². The molecule has 0 bridgehead atoms. The molecule has 1 amide bonds. The van der Waals surface area contributed by atoms with Gasteiger partial charge in [-0.2, -0.15) is 0 Å². The van der Waals surface area contributed by atoms with Gasteiger partial charge in [-0.3, -0.25) is 4.79 Å². The molecule has 3 heterocycles. The summed E-state index contributed by atoms with van der Waals surface area (Å²) in [7, 11) is 0. The molecule has 120 valence electrons. The number of nitrogens with one attached hydrogen (secondary N) is 1. The van der Waals surface area contributed by atoms with Crippen LogP contribution in [0.3, 0.4) is 0 Å². The summed E-state index contributed by atoms with van der Waals surface area (Å²) in [4.78, 5) is 11.1. The van der Waals surface area contributed by atoms with E-state index < -0.39 is 17.9 Å². The monoisotopic (exact) mass is 301 g/mol. The zero-order valence-corrected chi connectivity index (χ0v) is 13.0. The second-order valence-corrected chi connectivity index (χ2v) is 6.64. The summed E-state index contributed by atoms with van der Waals surface area (Å²) in [5.74, 6) is -1.55. The smallest absolute Gasteiger partial charge is 0.216 e. The first-order chi connectivity index (χ1) is 9.67. The molecule has 3 aliphatic rings. The van der Waals surface area contributed by atoms with Gasteiger partial charge in [-0.25, -0.2) is 0 Å². The van der Waals surface area contributed by atoms with Crippen molar-refractivity contribution >= 4 is 5.91 Å². The first-order valence-electron chi connectivity index (χ1n) is 7.28. The maximum Gasteiger partial charge on any atom is 0.216 e. The van der Waals surface area contributed by atoms with Crippen LogP contribution in [0.5, 0.6) is 0 Å². The maximum absolute atomic E-state index is 11.1. The molecule has 0 aromatic rings. The van der Waals surface area contributed by atoms with Gasteiger partial charge in [0.25, 0.3) is 0 Å². The normalized spacial score (nSPS) is 43.2. The molecule has 0 saturated carbocycles. The second kappa shape index (κ2) is 4.89. The molecule has 21 heavy (non-hydrogen) atoms. The Balaban J connectivity index is 1.80. The van der Waals surface area contributed by atoms with Gasteiger partial charge in [-0.15, -0.1) is 0 Å². The predicted molar refractivity (Wildman–Crippen MR) is 71.2 cm³/mol. The maximum atomic E-state index is 11.1. The molecule has 3 aliphatic heterocycles. The van der Waals surface area contributed by atoms with E-state index in [-0.39, 0.29) is 30.3 Å². The third-order valence-corrected chi connectivity index (χ3v) is 3.80. The van der Waals surface area contributed by atoms with Gasteiger partial charge in [-0.1, -0.05) is 0 Å². The molecule has 0 radical (unpaired) electrons. The summed E-state index contributed by atoms with van der Waals surface area (Å²) >= 11 is 0. The highest BCUT2D eigenvalue weighted by atomic mass is 16.9. The number of fused-ring (bicyclic) bond motifs is 3. The van der Waals surface area contributed by atoms with E-state index in [9.17, 15) is 4.79 Å². The van der Waals surface area contributed by atoms with Crippen molar-refractivity contribution in [2.24, 2.45) is 0 Å². The quantitative estimate of drug-likeness (QED) is 0.801. The van der Waals surface area contributed by atoms with Gasteiger partial charge < -0.3 is 29.0 Å². The Hall–Kier alpha value is -0.730. The van der Waals surface area contributed by atoms with Crippen LogP contribution in [0, 0.1) is 0 Å². The van der Waals surface area contributed by atoms with Crippen LogP contribution in [-0.4, -0.2) is 54.7 Å². The lowest BCUT2D eigenvalue weighted by Gasteiger charge is -2.37. The molecule has 0 unspecified atom stereocenters. The van der Waals surface area contributed by atoms with E-state index in [0.29, 0.717) is 6.54 Å². The van der Waals surface area contributed by atoms with Gasteiger partial charge in [0.1, 0.15) is 24.4 Å². The second-order valence-electron chi connectivity index (χ2n) is 6.64. The van der Waals surface area contributed by atoms with Gasteiger partial charge in [-0.05, 0) is 27.7 Å². The van der Waals surface area contributed by atoms with Gasteiger partial charge in [0, 0.05) is 13.5 Å². The lowest BCUT2D eigenvalue weighted by molar-refractivity contribution is -0.232. The number of carbonyl (C=O) groups excluding carboxylic acids is 1. The number of carbonyl (C=O) groups is 1. The van der Waals surface area contributed by atoms with E-state index in [2.05, 4.69) is 5.32 Å². The molecule has 0 aromatic heterocycles. The molecule has 7 heteroatoms. The topological polar surface area (TPSA) is 75.3 Å². The summed E-state index contributed by atoms with van der Waals surface area (Å²) in [5.41, 5.74) is 0. The van der Waals surface area contributed by atoms with Crippen LogP contribution in [0.2, 0.25) is 0 Å². The fourth-order valence-electron chi connectivity index (χ4n) is 3.10. The van der Waals surface area contributed by atoms with E-state index in [0.717, 1.165) is 0 Å². The summed E-state index contributed by atoms with van der Waals surface area (Å²) in [6.07, 6.45) is -1.76. The Morgan fingerprint density at radius 1 is 0.952 bits per heavy atom. The lowest BCUT2D eigenvalue weighted by Crippen LogP contribution is -2.57. The van der Waals surface area contributed by atoms with Gasteiger partial charge in [0.15, 0.2) is 17.9 Å². The van der Waals surface area contributed by atoms with Crippen molar-refractivity contribution in [3.63, 3.8) is 0 Å². The fraction of sp³-hybridized carbons (Fsp3) is 0.929. The lowest BCUT2D eigenvalue weighted by atomic mass is 9.99. The zero-order chi connectivity index (χ0) is 15.4. The van der Waals surface area contributed by atoms with E-state index in [1.165, 1.54) is 6.92 Å². The van der Waals surface area contributed by atoms with Crippen molar-refractivity contribution in [2.75, 3.05) is 6.54 Å². The molecule has 7 nitrogen and oxygen atoms in total. The minimum atomic E-state index is -0.723. The molecule has 3 fully saturated rings. The van der Waals surface area contributed by atoms with Crippen molar-refractivity contribution in [2.45, 2.75) is 76.9 Å². The highest BCUT2D eigenvalue weighted by Gasteiger charge is 2.60. The molecular weight excluding hydrogens is 278 g/mol. The molecule has 1 N–H and O–H groups in total. The molecule has 0 aromatic carbocycles. The highest BCUT2D eigenvalue weighted by Crippen LogP contribution is 2.43. The predicted octanol–water partition coefficient (Wildman–Crippen LogP) is 0.519. The van der Waals surface area contributed by atoms with Crippen LogP contribution in [-0.2, 0) is 28.5 Å². The summed E-state index contributed by atoms with van der Waals surface area (Å²) in [6.45, 7) is 9.22. The first kappa shape index (κ1) is 15.2. The Kier molecular flexibility index (Phi) is 3.53. The van der Waals surface area contributed by atoms with Crippen molar-refractivity contribution in [3.8, 4) is 0 Å². The third-order valence-electron chi connectivity index (χ3n) is 3.80. The largest absolute Gasteiger partial charge is 0.354 e. The number of hydrogen-bond acceptors (Lipinski definition) is 6. The van der Waals surface area contributed by atoms with Crippen LogP contribution in [0.25, 0.3) is 0 Å². The Bertz CT molecular complexity index is 437. The minimum absolute atomic E-state index is 0.112. The number of amides is 1. The van der Waals surface area contributed by atoms with Crippen LogP contribution in [0.4, 0.5) is 0 Å². The number of ether oxygens (including phenoxy) is 5. The van der Waals surface area contributed by atoms with Crippen LogP contribution >= 0.6 is 0 Å². The molecule has 3 saturated heterocycles. The molecule has 0 spiro atoms. The van der Waals surface area contributed by atoms with E-state index in [1.807, 2.05) is 27.7 Å². The Morgan fingerprint density at radius 2 is 1.52 bits per heavy atom. The van der Waals surface area contributed by atoms with Gasteiger partial charge in [0.2, 0.25) is 5.91 Å². The van der Waals surface area contributed by atoms with Gasteiger partial charge >= 0.3 is 0 Å². The number of rotatable bonds is 2. The first-order valence-corrected chi connectivity index (χ1v) is 7.28. The summed E-state index contributed by atoms with van der Waals surface area (Å²) in [5, 5.41) is 2.76. The SMILES string of the molecule is CC(=O)NC[C@H]1O[C@@H]2OC(C)(C)O[C@@H]2[C@H]2OC(C)(C)O[C@H]21. The Labute approximate surface area is 124 Å². The minimum Gasteiger partial charge on any atom is -0.354 e. The van der Waals surface area contributed by atoms with E-state index >= 15 is 0 Å². The third kappa shape index (κ3) is 2.93. The van der Waals surface area contributed by atoms with E-state index in [4.69, 9.17) is 23.7 Å². The highest BCUT2D eigenvalue weighted by molar-refractivity contribution is 5.72. The molecule has 3 rings (SSSR count). The number of hydrogen-bond donors (Lipinski definition) is 1. The fourth-order valence-corrected chi connectivity index (χ4v) is 3.10. The van der Waals surface area contributed by atoms with Crippen LogP contribution in [0.15, 0.2) is 0 Å². The zero-order valence-electron chi connectivity index (χ0n) is 13.0. The van der Waals surface area contributed by atoms with Crippen molar-refractivity contribution in [1.82, 2.24) is 5.32 Å². The summed E-state index contributed by atoms with van der Waals surface area (Å²) in [6, 6.07) is 0. The Morgan fingerprint density at radius 3 is 2.19 bits per heavy atom. The van der Waals surface area contributed by atoms with Crippen LogP contribution in [0.1, 0.15) is 34.6 Å². The van der Waals surface area contributed by atoms with Crippen LogP contribution < -0.4 is 5.32 Å². The standard InChI is InChI=1S/C14H23NO6/c1-7(16)15-6-8-9-10(19-13(2,3)18-9)11-12(17-8)21-14(4,5)20-11/h8-12H,6H2,1-5H3,(H,15,16)/t8-,9+,10+,11-,12-/m1/s1. The molecule has 5 atom stereocenters. The van der Waals surface area contributed by atoms with Crippen molar-refractivity contribution < 1.29 is 28.5 Å². The average Bonchev–Trinajstić information content (AvgIpc) is 2.80.